The van der Waals surface area contributed by atoms with Crippen LogP contribution in [0.2, 0.25) is 0 Å². The number of rotatable bonds is 6. The van der Waals surface area contributed by atoms with Gasteiger partial charge in [-0.25, -0.2) is 0 Å². The molecule has 0 rings (SSSR count). The summed E-state index contributed by atoms with van der Waals surface area (Å²) >= 11 is 0. The largest absolute Gasteiger partial charge is 0.391 e. The number of aliphatic hydroxyl groups excluding tert-OH is 1. The van der Waals surface area contributed by atoms with Gasteiger partial charge in [-0.2, -0.15) is 0 Å². The summed E-state index contributed by atoms with van der Waals surface area (Å²) in [5, 5.41) is 12.2. The van der Waals surface area contributed by atoms with E-state index in [1.165, 1.54) is 0 Å². The summed E-state index contributed by atoms with van der Waals surface area (Å²) < 4.78 is 0. The third-order valence-electron chi connectivity index (χ3n) is 2.57. The molecule has 0 aliphatic carbocycles. The normalized spacial score (nSPS) is 15.9. The number of carbonyl (C=O) groups excluding carboxylic acids is 1. The first-order valence-corrected chi connectivity index (χ1v) is 5.50. The first-order valence-electron chi connectivity index (χ1n) is 5.50. The Morgan fingerprint density at radius 3 is 2.40 bits per heavy atom. The number of hydrogen-bond acceptors (Lipinski definition) is 3. The molecular formula is C11H24N2O2. The van der Waals surface area contributed by atoms with Crippen molar-refractivity contribution in [3.05, 3.63) is 0 Å². The molecule has 0 aromatic heterocycles. The Hall–Kier alpha value is -0.610. The highest BCUT2D eigenvalue weighted by atomic mass is 16.3. The van der Waals surface area contributed by atoms with Gasteiger partial charge in [0.15, 0.2) is 0 Å². The van der Waals surface area contributed by atoms with Crippen molar-refractivity contribution in [3.8, 4) is 0 Å². The summed E-state index contributed by atoms with van der Waals surface area (Å²) in [4.78, 5) is 11.5. The molecule has 0 heterocycles. The maximum atomic E-state index is 11.5. The standard InChI is InChI=1S/C11H24N2O2/c1-8(12)6-5-7-10(15)13-11(3,4)9(2)14/h8-9,14H,5-7,12H2,1-4H3,(H,13,15). The summed E-state index contributed by atoms with van der Waals surface area (Å²) in [5.74, 6) is -0.0263. The number of nitrogens with two attached hydrogens (primary N) is 1. The molecule has 0 saturated heterocycles. The zero-order valence-electron chi connectivity index (χ0n) is 10.2. The minimum absolute atomic E-state index is 0.0263. The Labute approximate surface area is 92.2 Å². The van der Waals surface area contributed by atoms with Crippen molar-refractivity contribution in [1.82, 2.24) is 5.32 Å². The maximum Gasteiger partial charge on any atom is 0.220 e. The Balaban J connectivity index is 3.84. The van der Waals surface area contributed by atoms with E-state index in [0.29, 0.717) is 6.42 Å². The van der Waals surface area contributed by atoms with E-state index in [1.54, 1.807) is 20.8 Å². The molecule has 0 aliphatic heterocycles. The van der Waals surface area contributed by atoms with Crippen LogP contribution in [0.4, 0.5) is 0 Å². The molecule has 90 valence electrons. The van der Waals surface area contributed by atoms with Crippen molar-refractivity contribution >= 4 is 5.91 Å². The first kappa shape index (κ1) is 14.4. The summed E-state index contributed by atoms with van der Waals surface area (Å²) in [5.41, 5.74) is 5.02. The zero-order chi connectivity index (χ0) is 12.1. The third-order valence-corrected chi connectivity index (χ3v) is 2.57. The van der Waals surface area contributed by atoms with Crippen LogP contribution < -0.4 is 11.1 Å². The van der Waals surface area contributed by atoms with Crippen LogP contribution in [0.15, 0.2) is 0 Å². The van der Waals surface area contributed by atoms with Gasteiger partial charge in [-0.3, -0.25) is 4.79 Å². The molecule has 4 nitrogen and oxygen atoms in total. The van der Waals surface area contributed by atoms with Gasteiger partial charge in [-0.1, -0.05) is 0 Å². The molecule has 15 heavy (non-hydrogen) atoms. The summed E-state index contributed by atoms with van der Waals surface area (Å²) in [6, 6.07) is 0.141. The van der Waals surface area contributed by atoms with Crippen molar-refractivity contribution in [2.75, 3.05) is 0 Å². The summed E-state index contributed by atoms with van der Waals surface area (Å²) in [7, 11) is 0. The van der Waals surface area contributed by atoms with Crippen molar-refractivity contribution in [2.45, 2.75) is 64.6 Å². The van der Waals surface area contributed by atoms with Gasteiger partial charge >= 0.3 is 0 Å². The van der Waals surface area contributed by atoms with Crippen LogP contribution in [0.3, 0.4) is 0 Å². The second kappa shape index (κ2) is 6.08. The molecule has 1 amide bonds. The van der Waals surface area contributed by atoms with Gasteiger partial charge in [0.2, 0.25) is 5.91 Å². The van der Waals surface area contributed by atoms with E-state index < -0.39 is 11.6 Å². The Morgan fingerprint density at radius 1 is 1.47 bits per heavy atom. The molecule has 0 aromatic rings. The van der Waals surface area contributed by atoms with Crippen molar-refractivity contribution in [1.29, 1.82) is 0 Å². The molecule has 0 saturated carbocycles. The van der Waals surface area contributed by atoms with Crippen LogP contribution in [0.5, 0.6) is 0 Å². The first-order chi connectivity index (χ1) is 6.75. The molecule has 0 aromatic carbocycles. The third kappa shape index (κ3) is 6.47. The monoisotopic (exact) mass is 216 g/mol. The van der Waals surface area contributed by atoms with E-state index in [2.05, 4.69) is 5.32 Å². The highest BCUT2D eigenvalue weighted by Crippen LogP contribution is 2.09. The molecule has 2 unspecified atom stereocenters. The molecule has 0 fully saturated rings. The summed E-state index contributed by atoms with van der Waals surface area (Å²) in [6.45, 7) is 7.21. The Bertz CT molecular complexity index is 201. The SMILES string of the molecule is CC(N)CCCC(=O)NC(C)(C)C(C)O. The van der Waals surface area contributed by atoms with E-state index in [1.807, 2.05) is 6.92 Å². The predicted octanol–water partition coefficient (Wildman–Crippen LogP) is 0.780. The molecule has 0 aliphatic rings. The molecule has 0 bridgehead atoms. The van der Waals surface area contributed by atoms with Gasteiger partial charge in [0.25, 0.3) is 0 Å². The lowest BCUT2D eigenvalue weighted by Crippen LogP contribution is -2.50. The van der Waals surface area contributed by atoms with E-state index >= 15 is 0 Å². The highest BCUT2D eigenvalue weighted by molar-refractivity contribution is 5.76. The minimum Gasteiger partial charge on any atom is -0.391 e. The van der Waals surface area contributed by atoms with Gasteiger partial charge in [-0.05, 0) is 40.5 Å². The van der Waals surface area contributed by atoms with E-state index in [0.717, 1.165) is 12.8 Å². The number of carbonyl (C=O) groups is 1. The van der Waals surface area contributed by atoms with Crippen LogP contribution in [0.1, 0.15) is 47.0 Å². The van der Waals surface area contributed by atoms with Crippen LogP contribution >= 0.6 is 0 Å². The fourth-order valence-corrected chi connectivity index (χ4v) is 1.11. The van der Waals surface area contributed by atoms with Crippen molar-refractivity contribution < 1.29 is 9.90 Å². The molecule has 4 N–H and O–H groups in total. The number of aliphatic hydroxyl groups is 1. The predicted molar refractivity (Wildman–Crippen MR) is 61.4 cm³/mol. The zero-order valence-corrected chi connectivity index (χ0v) is 10.2. The van der Waals surface area contributed by atoms with Gasteiger partial charge < -0.3 is 16.2 Å². The lowest BCUT2D eigenvalue weighted by Gasteiger charge is -2.29. The van der Waals surface area contributed by atoms with Gasteiger partial charge in [0, 0.05) is 12.5 Å². The highest BCUT2D eigenvalue weighted by Gasteiger charge is 2.25. The quantitative estimate of drug-likeness (QED) is 0.614. The molecule has 0 spiro atoms. The topological polar surface area (TPSA) is 75.4 Å². The molecule has 0 radical (unpaired) electrons. The van der Waals surface area contributed by atoms with Gasteiger partial charge in [-0.15, -0.1) is 0 Å². The smallest absolute Gasteiger partial charge is 0.220 e. The van der Waals surface area contributed by atoms with Gasteiger partial charge in [0.1, 0.15) is 0 Å². The lowest BCUT2D eigenvalue weighted by atomic mass is 9.98. The van der Waals surface area contributed by atoms with Crippen LogP contribution in [-0.4, -0.2) is 28.7 Å². The van der Waals surface area contributed by atoms with E-state index in [-0.39, 0.29) is 11.9 Å². The Morgan fingerprint density at radius 2 is 2.00 bits per heavy atom. The van der Waals surface area contributed by atoms with Crippen molar-refractivity contribution in [2.24, 2.45) is 5.73 Å². The second-order valence-electron chi connectivity index (χ2n) is 4.82. The van der Waals surface area contributed by atoms with E-state index in [4.69, 9.17) is 5.73 Å². The van der Waals surface area contributed by atoms with Gasteiger partial charge in [0.05, 0.1) is 11.6 Å². The van der Waals surface area contributed by atoms with E-state index in [9.17, 15) is 9.90 Å². The maximum absolute atomic E-state index is 11.5. The fourth-order valence-electron chi connectivity index (χ4n) is 1.11. The number of nitrogens with one attached hydrogen (secondary N) is 1. The average Bonchev–Trinajstić information content (AvgIpc) is 2.01. The molecule has 2 atom stereocenters. The number of amides is 1. The minimum atomic E-state index is -0.564. The average molecular weight is 216 g/mol. The fraction of sp³-hybridized carbons (Fsp3) is 0.909. The van der Waals surface area contributed by atoms with Crippen LogP contribution in [-0.2, 0) is 4.79 Å². The second-order valence-corrected chi connectivity index (χ2v) is 4.82. The number of hydrogen-bond donors (Lipinski definition) is 3. The van der Waals surface area contributed by atoms with Crippen LogP contribution in [0, 0.1) is 0 Å². The molecular weight excluding hydrogens is 192 g/mol. The lowest BCUT2D eigenvalue weighted by molar-refractivity contribution is -0.124. The van der Waals surface area contributed by atoms with Crippen molar-refractivity contribution in [3.63, 3.8) is 0 Å². The molecule has 4 heteroatoms. The summed E-state index contributed by atoms with van der Waals surface area (Å²) in [6.07, 6.45) is 1.55. The Kier molecular flexibility index (Phi) is 5.83. The van der Waals surface area contributed by atoms with Crippen LogP contribution in [0.25, 0.3) is 0 Å².